The summed E-state index contributed by atoms with van der Waals surface area (Å²) in [5, 5.41) is 2.21. The fourth-order valence-electron chi connectivity index (χ4n) is 3.59. The molecule has 1 amide bonds. The second-order valence-corrected chi connectivity index (χ2v) is 9.69. The zero-order valence-electron chi connectivity index (χ0n) is 22.4. The predicted octanol–water partition coefficient (Wildman–Crippen LogP) is 5.76. The number of halogens is 3. The number of benzene rings is 2. The number of alkyl carbamates (subject to hydrolysis) is 1. The molecule has 3 aromatic rings. The van der Waals surface area contributed by atoms with E-state index >= 15 is 0 Å². The van der Waals surface area contributed by atoms with Crippen LogP contribution in [0.4, 0.5) is 22.8 Å². The molecule has 0 radical (unpaired) electrons. The average Bonchev–Trinajstić information content (AvgIpc) is 3.29. The molecule has 1 heterocycles. The van der Waals surface area contributed by atoms with Gasteiger partial charge < -0.3 is 14.2 Å². The van der Waals surface area contributed by atoms with Crippen molar-refractivity contribution in [3.63, 3.8) is 0 Å². The number of fused-ring (bicyclic) bond motifs is 1. The van der Waals surface area contributed by atoms with E-state index < -0.39 is 35.5 Å². The number of carbonyl (C=O) groups is 3. The van der Waals surface area contributed by atoms with Gasteiger partial charge in [0, 0.05) is 18.0 Å². The van der Waals surface area contributed by atoms with Crippen molar-refractivity contribution in [2.75, 3.05) is 6.61 Å². The molecule has 0 aliphatic rings. The number of amides is 1. The molecule has 40 heavy (non-hydrogen) atoms. The lowest BCUT2D eigenvalue weighted by Crippen LogP contribution is -2.63. The topological polar surface area (TPSA) is 95.9 Å². The van der Waals surface area contributed by atoms with Crippen molar-refractivity contribution < 1.29 is 41.8 Å². The van der Waals surface area contributed by atoms with Gasteiger partial charge in [-0.25, -0.2) is 14.4 Å². The minimum Gasteiger partial charge on any atom is -0.463 e. The number of nitrogens with one attached hydrogen (secondary N) is 1. The highest BCUT2D eigenvalue weighted by Gasteiger charge is 2.63. The molecule has 1 N–H and O–H groups in total. The van der Waals surface area contributed by atoms with Gasteiger partial charge in [-0.1, -0.05) is 48.2 Å². The molecule has 3 rings (SSSR count). The van der Waals surface area contributed by atoms with Gasteiger partial charge >= 0.3 is 24.3 Å². The number of rotatable bonds is 6. The van der Waals surface area contributed by atoms with Crippen LogP contribution in [0.1, 0.15) is 38.8 Å². The molecule has 212 valence electrons. The third-order valence-corrected chi connectivity index (χ3v) is 5.42. The Hall–Kier alpha value is -4.46. The van der Waals surface area contributed by atoms with Crippen LogP contribution in [0.2, 0.25) is 0 Å². The first-order valence-corrected chi connectivity index (χ1v) is 12.3. The van der Waals surface area contributed by atoms with Gasteiger partial charge in [-0.05, 0) is 57.0 Å². The summed E-state index contributed by atoms with van der Waals surface area (Å²) in [4.78, 5) is 37.4. The maximum Gasteiger partial charge on any atom is 0.434 e. The summed E-state index contributed by atoms with van der Waals surface area (Å²) >= 11 is 0. The van der Waals surface area contributed by atoms with Gasteiger partial charge in [-0.15, -0.1) is 0 Å². The summed E-state index contributed by atoms with van der Waals surface area (Å²) in [6.07, 6.45) is -6.08. The standard InChI is InChI=1S/C29H29F3N2O6/c1-5-38-24(35)28(29(30,31)32,33-25(36)39-19-21-10-7-6-8-11-21)16-9-12-20-13-14-23-22(18-20)15-17-34(23)26(37)40-27(2,3)4/h6-8,10-11,13-15,17-18H,5,12,19H2,1-4H3,(H,33,36)/t28-/m0/s1. The zero-order valence-corrected chi connectivity index (χ0v) is 22.4. The number of alkyl halides is 3. The Balaban J connectivity index is 1.85. The van der Waals surface area contributed by atoms with Crippen LogP contribution in [0, 0.1) is 11.8 Å². The van der Waals surface area contributed by atoms with Crippen molar-refractivity contribution in [2.24, 2.45) is 0 Å². The molecule has 0 fully saturated rings. The number of esters is 1. The van der Waals surface area contributed by atoms with E-state index in [4.69, 9.17) is 9.47 Å². The molecule has 0 bridgehead atoms. The van der Waals surface area contributed by atoms with Crippen LogP contribution in [0.5, 0.6) is 0 Å². The van der Waals surface area contributed by atoms with Gasteiger partial charge in [0.25, 0.3) is 5.54 Å². The van der Waals surface area contributed by atoms with Crippen molar-refractivity contribution in [1.29, 1.82) is 0 Å². The van der Waals surface area contributed by atoms with Gasteiger partial charge in [0.05, 0.1) is 12.1 Å². The van der Waals surface area contributed by atoms with E-state index in [0.717, 1.165) is 0 Å². The smallest absolute Gasteiger partial charge is 0.434 e. The van der Waals surface area contributed by atoms with Crippen LogP contribution in [-0.4, -0.2) is 46.6 Å². The fourth-order valence-corrected chi connectivity index (χ4v) is 3.59. The lowest BCUT2D eigenvalue weighted by molar-refractivity contribution is -0.198. The number of hydrogen-bond acceptors (Lipinski definition) is 6. The van der Waals surface area contributed by atoms with Gasteiger partial charge in [0.15, 0.2) is 0 Å². The Morgan fingerprint density at radius 3 is 2.27 bits per heavy atom. The van der Waals surface area contributed by atoms with Crippen molar-refractivity contribution in [1.82, 2.24) is 9.88 Å². The molecule has 0 saturated heterocycles. The van der Waals surface area contributed by atoms with Crippen LogP contribution < -0.4 is 5.32 Å². The van der Waals surface area contributed by atoms with Crippen LogP contribution in [0.3, 0.4) is 0 Å². The van der Waals surface area contributed by atoms with Gasteiger partial charge in [-0.3, -0.25) is 9.88 Å². The molecule has 0 aliphatic heterocycles. The summed E-state index contributed by atoms with van der Waals surface area (Å²) in [7, 11) is 0. The molecule has 0 aliphatic carbocycles. The highest BCUT2D eigenvalue weighted by Crippen LogP contribution is 2.32. The van der Waals surface area contributed by atoms with Gasteiger partial charge in [0.2, 0.25) is 0 Å². The number of aromatic nitrogens is 1. The van der Waals surface area contributed by atoms with Crippen molar-refractivity contribution in [3.8, 4) is 11.8 Å². The van der Waals surface area contributed by atoms with E-state index in [1.807, 2.05) is 5.92 Å². The molecule has 2 aromatic carbocycles. The molecule has 0 unspecified atom stereocenters. The van der Waals surface area contributed by atoms with E-state index in [-0.39, 0.29) is 19.6 Å². The molecule has 11 heteroatoms. The molecule has 1 atom stereocenters. The monoisotopic (exact) mass is 558 g/mol. The molecular formula is C29H29F3N2O6. The number of ether oxygens (including phenoxy) is 3. The third kappa shape index (κ3) is 7.34. The maximum atomic E-state index is 14.3. The van der Waals surface area contributed by atoms with E-state index in [9.17, 15) is 27.6 Å². The Morgan fingerprint density at radius 1 is 0.950 bits per heavy atom. The summed E-state index contributed by atoms with van der Waals surface area (Å²) < 4.78 is 59.1. The van der Waals surface area contributed by atoms with Crippen molar-refractivity contribution >= 4 is 29.1 Å². The Labute approximate surface area is 229 Å². The SMILES string of the molecule is CCOC(=O)[C@](C#CCc1ccc2c(ccn2C(=O)OC(C)(C)C)c1)(NC(=O)OCc1ccccc1)C(F)(F)F. The summed E-state index contributed by atoms with van der Waals surface area (Å²) in [5.41, 5.74) is -2.78. The number of nitrogens with zero attached hydrogens (tertiary/aromatic N) is 1. The van der Waals surface area contributed by atoms with Crippen LogP contribution >= 0.6 is 0 Å². The van der Waals surface area contributed by atoms with E-state index in [1.54, 1.807) is 80.7 Å². The summed E-state index contributed by atoms with van der Waals surface area (Å²) in [5.74, 6) is 2.46. The second kappa shape index (κ2) is 12.2. The Morgan fingerprint density at radius 2 is 1.65 bits per heavy atom. The quantitative estimate of drug-likeness (QED) is 0.235. The number of hydrogen-bond donors (Lipinski definition) is 1. The highest BCUT2D eigenvalue weighted by atomic mass is 19.4. The number of carbonyl (C=O) groups excluding carboxylic acids is 3. The minimum atomic E-state index is -5.33. The summed E-state index contributed by atoms with van der Waals surface area (Å²) in [6.45, 7) is 5.86. The van der Waals surface area contributed by atoms with E-state index in [1.165, 1.54) is 17.7 Å². The van der Waals surface area contributed by atoms with Crippen LogP contribution in [0.15, 0.2) is 60.8 Å². The lowest BCUT2D eigenvalue weighted by atomic mass is 9.99. The molecule has 0 saturated carbocycles. The summed E-state index contributed by atoms with van der Waals surface area (Å²) in [6, 6.07) is 14.8. The van der Waals surface area contributed by atoms with Gasteiger partial charge in [0.1, 0.15) is 12.2 Å². The minimum absolute atomic E-state index is 0.203. The molecule has 1 aromatic heterocycles. The van der Waals surface area contributed by atoms with Crippen molar-refractivity contribution in [2.45, 2.75) is 58.0 Å². The largest absolute Gasteiger partial charge is 0.463 e. The lowest BCUT2D eigenvalue weighted by Gasteiger charge is -2.29. The second-order valence-electron chi connectivity index (χ2n) is 9.69. The molecule has 8 nitrogen and oxygen atoms in total. The van der Waals surface area contributed by atoms with E-state index in [0.29, 0.717) is 22.0 Å². The predicted molar refractivity (Wildman–Crippen MR) is 140 cm³/mol. The van der Waals surface area contributed by atoms with Crippen LogP contribution in [-0.2, 0) is 32.0 Å². The third-order valence-electron chi connectivity index (χ3n) is 5.42. The molecule has 0 spiro atoms. The zero-order chi connectivity index (χ0) is 29.6. The first kappa shape index (κ1) is 30.1. The highest BCUT2D eigenvalue weighted by molar-refractivity contribution is 5.91. The first-order valence-electron chi connectivity index (χ1n) is 12.3. The van der Waals surface area contributed by atoms with E-state index in [2.05, 4.69) is 10.7 Å². The average molecular weight is 559 g/mol. The Kier molecular flexibility index (Phi) is 9.14. The maximum absolute atomic E-state index is 14.3. The first-order chi connectivity index (χ1) is 18.8. The van der Waals surface area contributed by atoms with Crippen LogP contribution in [0.25, 0.3) is 10.9 Å². The fraction of sp³-hybridized carbons (Fsp3) is 0.345. The Bertz CT molecular complexity index is 1430. The molecular weight excluding hydrogens is 529 g/mol. The normalized spacial score (nSPS) is 13.0. The van der Waals surface area contributed by atoms with Crippen molar-refractivity contribution in [3.05, 3.63) is 71.9 Å². The van der Waals surface area contributed by atoms with Gasteiger partial charge in [-0.2, -0.15) is 13.2 Å².